The largest absolute Gasteiger partial charge is 0.444 e. The number of benzene rings is 2. The maximum absolute atomic E-state index is 11.5. The molecule has 0 aromatic heterocycles. The van der Waals surface area contributed by atoms with E-state index < -0.39 is 20.0 Å². The third kappa shape index (κ3) is 12.1. The van der Waals surface area contributed by atoms with Crippen LogP contribution in [-0.2, 0) is 28.1 Å². The van der Waals surface area contributed by atoms with Gasteiger partial charge in [-0.25, -0.2) is 4.79 Å². The van der Waals surface area contributed by atoms with Crippen molar-refractivity contribution in [1.29, 1.82) is 0 Å². The summed E-state index contributed by atoms with van der Waals surface area (Å²) in [5.74, 6) is 0. The number of ether oxygens (including phenoxy) is 5. The number of amides is 1. The van der Waals surface area contributed by atoms with E-state index in [-0.39, 0.29) is 5.04 Å². The van der Waals surface area contributed by atoms with Crippen molar-refractivity contribution in [3.8, 4) is 0 Å². The summed E-state index contributed by atoms with van der Waals surface area (Å²) >= 11 is 0. The molecule has 2 aromatic carbocycles. The lowest BCUT2D eigenvalue weighted by Crippen LogP contribution is -2.66. The fourth-order valence-electron chi connectivity index (χ4n) is 4.32. The second-order valence-electron chi connectivity index (χ2n) is 11.4. The first-order valence-electron chi connectivity index (χ1n) is 14.1. The van der Waals surface area contributed by atoms with E-state index in [0.717, 1.165) is 0 Å². The van der Waals surface area contributed by atoms with E-state index in [1.807, 2.05) is 32.9 Å². The number of hydrogen-bond donors (Lipinski definition) is 1. The van der Waals surface area contributed by atoms with Gasteiger partial charge >= 0.3 is 6.09 Å². The Hall–Kier alpha value is -2.27. The summed E-state index contributed by atoms with van der Waals surface area (Å²) in [7, 11) is -2.53. The molecule has 0 aliphatic carbocycles. The lowest BCUT2D eigenvalue weighted by molar-refractivity contribution is -0.00487. The molecule has 2 rings (SSSR count). The summed E-state index contributed by atoms with van der Waals surface area (Å²) in [6.45, 7) is 17.0. The molecular weight excluding hydrogens is 526 g/mol. The van der Waals surface area contributed by atoms with Gasteiger partial charge in [0, 0.05) is 6.54 Å². The predicted molar refractivity (Wildman–Crippen MR) is 161 cm³/mol. The molecule has 0 saturated heterocycles. The summed E-state index contributed by atoms with van der Waals surface area (Å²) in [4.78, 5) is 11.5. The van der Waals surface area contributed by atoms with Crippen molar-refractivity contribution in [2.24, 2.45) is 0 Å². The molecule has 1 amide bonds. The number of carbonyl (C=O) groups excluding carboxylic acids is 1. The summed E-state index contributed by atoms with van der Waals surface area (Å²) in [6.07, 6.45) is -0.444. The summed E-state index contributed by atoms with van der Waals surface area (Å²) in [5, 5.41) is 5.12. The van der Waals surface area contributed by atoms with Gasteiger partial charge < -0.3 is 33.4 Å². The maximum Gasteiger partial charge on any atom is 0.407 e. The lowest BCUT2D eigenvalue weighted by Gasteiger charge is -2.43. The van der Waals surface area contributed by atoms with E-state index in [2.05, 4.69) is 74.6 Å². The van der Waals surface area contributed by atoms with Gasteiger partial charge in [-0.05, 0) is 36.2 Å². The van der Waals surface area contributed by atoms with Crippen molar-refractivity contribution in [2.75, 3.05) is 66.0 Å². The Morgan fingerprint density at radius 2 is 1.02 bits per heavy atom. The quantitative estimate of drug-likeness (QED) is 0.211. The molecule has 2 aromatic rings. The molecule has 0 heterocycles. The first kappa shape index (κ1) is 33.9. The molecule has 224 valence electrons. The van der Waals surface area contributed by atoms with E-state index in [4.69, 9.17) is 28.1 Å². The van der Waals surface area contributed by atoms with Gasteiger partial charge in [0.25, 0.3) is 8.32 Å². The van der Waals surface area contributed by atoms with Gasteiger partial charge in [0.2, 0.25) is 0 Å². The molecule has 0 aliphatic heterocycles. The van der Waals surface area contributed by atoms with E-state index >= 15 is 0 Å². The maximum atomic E-state index is 11.5. The van der Waals surface area contributed by atoms with Crippen LogP contribution in [0, 0.1) is 0 Å². The first-order valence-corrected chi connectivity index (χ1v) is 16.0. The van der Waals surface area contributed by atoms with Gasteiger partial charge in [0.05, 0.1) is 59.5 Å². The smallest absolute Gasteiger partial charge is 0.407 e. The molecule has 0 radical (unpaired) electrons. The normalized spacial score (nSPS) is 12.3. The monoisotopic (exact) mass is 575 g/mol. The van der Waals surface area contributed by atoms with E-state index in [1.54, 1.807) is 0 Å². The Morgan fingerprint density at radius 1 is 0.625 bits per heavy atom. The van der Waals surface area contributed by atoms with Gasteiger partial charge in [-0.3, -0.25) is 0 Å². The fourth-order valence-corrected chi connectivity index (χ4v) is 8.86. The third-order valence-corrected chi connectivity index (χ3v) is 11.0. The minimum absolute atomic E-state index is 0.0547. The fraction of sp³-hybridized carbons (Fsp3) is 0.581. The lowest BCUT2D eigenvalue weighted by atomic mass is 10.2. The number of nitrogens with one attached hydrogen (secondary N) is 1. The van der Waals surface area contributed by atoms with Crippen molar-refractivity contribution in [3.63, 3.8) is 0 Å². The molecule has 40 heavy (non-hydrogen) atoms. The molecule has 0 atom stereocenters. The van der Waals surface area contributed by atoms with Gasteiger partial charge in [-0.1, -0.05) is 81.4 Å². The molecule has 8 nitrogen and oxygen atoms in total. The Morgan fingerprint density at radius 3 is 1.43 bits per heavy atom. The van der Waals surface area contributed by atoms with Crippen molar-refractivity contribution >= 4 is 24.8 Å². The molecule has 1 N–H and O–H groups in total. The summed E-state index contributed by atoms with van der Waals surface area (Å²) < 4.78 is 34.3. The van der Waals surface area contributed by atoms with Crippen LogP contribution in [-0.4, -0.2) is 86.0 Å². The zero-order valence-electron chi connectivity index (χ0n) is 25.2. The number of alkyl carbamates (subject to hydrolysis) is 1. The van der Waals surface area contributed by atoms with E-state index in [0.29, 0.717) is 66.0 Å². The topological polar surface area (TPSA) is 84.5 Å². The van der Waals surface area contributed by atoms with Gasteiger partial charge in [-0.2, -0.15) is 0 Å². The summed E-state index contributed by atoms with van der Waals surface area (Å²) in [5.41, 5.74) is -0.507. The number of carbonyl (C=O) groups is 1. The van der Waals surface area contributed by atoms with Crippen LogP contribution in [0.15, 0.2) is 60.7 Å². The van der Waals surface area contributed by atoms with Gasteiger partial charge in [0.15, 0.2) is 0 Å². The first-order chi connectivity index (χ1) is 19.1. The average Bonchev–Trinajstić information content (AvgIpc) is 2.90. The minimum Gasteiger partial charge on any atom is -0.444 e. The molecule has 9 heteroatoms. The van der Waals surface area contributed by atoms with Crippen molar-refractivity contribution < 1.29 is 32.9 Å². The number of hydrogen-bond acceptors (Lipinski definition) is 7. The van der Waals surface area contributed by atoms with Crippen molar-refractivity contribution in [1.82, 2.24) is 5.32 Å². The Balaban J connectivity index is 1.57. The zero-order chi connectivity index (χ0) is 29.3. The predicted octanol–water partition coefficient (Wildman–Crippen LogP) is 4.15. The second kappa shape index (κ2) is 17.5. The van der Waals surface area contributed by atoms with Crippen LogP contribution in [0.5, 0.6) is 0 Å². The SMILES string of the molecule is CC(C)(C)OC(=O)NCCOCCOCCOCCOCCO[Si](c1ccccc1)(c1ccccc1)C(C)(C)C. The van der Waals surface area contributed by atoms with Crippen LogP contribution in [0.1, 0.15) is 41.5 Å². The molecule has 0 aliphatic rings. The molecule has 0 unspecified atom stereocenters. The van der Waals surface area contributed by atoms with Crippen LogP contribution < -0.4 is 15.7 Å². The van der Waals surface area contributed by atoms with Crippen LogP contribution in [0.3, 0.4) is 0 Å². The third-order valence-electron chi connectivity index (χ3n) is 5.99. The molecular formula is C31H49NO7Si. The highest BCUT2D eigenvalue weighted by molar-refractivity contribution is 6.99. The van der Waals surface area contributed by atoms with Crippen molar-refractivity contribution in [3.05, 3.63) is 60.7 Å². The highest BCUT2D eigenvalue weighted by Crippen LogP contribution is 2.36. The van der Waals surface area contributed by atoms with Gasteiger partial charge in [0.1, 0.15) is 5.60 Å². The highest BCUT2D eigenvalue weighted by atomic mass is 28.4. The van der Waals surface area contributed by atoms with Crippen LogP contribution in [0.4, 0.5) is 4.79 Å². The standard InChI is InChI=1S/C31H49NO7Si/c1-30(2,3)39-29(33)32-17-18-34-19-20-35-21-22-36-23-24-37-25-26-38-40(31(4,5)6,27-13-9-7-10-14-27)28-15-11-8-12-16-28/h7-16H,17-26H2,1-6H3,(H,32,33). The molecule has 0 spiro atoms. The van der Waals surface area contributed by atoms with E-state index in [1.165, 1.54) is 10.4 Å². The van der Waals surface area contributed by atoms with Crippen LogP contribution in [0.25, 0.3) is 0 Å². The number of rotatable bonds is 18. The minimum atomic E-state index is -2.53. The molecule has 0 saturated carbocycles. The Labute approximate surface area is 241 Å². The average molecular weight is 576 g/mol. The molecule has 0 fully saturated rings. The highest BCUT2D eigenvalue weighted by Gasteiger charge is 2.49. The molecule has 0 bridgehead atoms. The van der Waals surface area contributed by atoms with Crippen LogP contribution in [0.2, 0.25) is 5.04 Å². The van der Waals surface area contributed by atoms with E-state index in [9.17, 15) is 4.79 Å². The van der Waals surface area contributed by atoms with Crippen LogP contribution >= 0.6 is 0 Å². The Bertz CT molecular complexity index is 906. The summed E-state index contributed by atoms with van der Waals surface area (Å²) in [6, 6.07) is 21.2. The Kier molecular flexibility index (Phi) is 14.9. The van der Waals surface area contributed by atoms with Gasteiger partial charge in [-0.15, -0.1) is 0 Å². The second-order valence-corrected chi connectivity index (χ2v) is 15.7. The zero-order valence-corrected chi connectivity index (χ0v) is 26.2. The van der Waals surface area contributed by atoms with Crippen molar-refractivity contribution in [2.45, 2.75) is 52.2 Å².